The van der Waals surface area contributed by atoms with E-state index in [1.54, 1.807) is 0 Å². The number of ether oxygens (including phenoxy) is 1. The second kappa shape index (κ2) is 3.55. The van der Waals surface area contributed by atoms with E-state index in [1.807, 2.05) is 0 Å². The van der Waals surface area contributed by atoms with E-state index in [2.05, 4.69) is 4.74 Å². The minimum Gasteiger partial charge on any atom is -0.377 e. The van der Waals surface area contributed by atoms with Crippen LogP contribution in [0.5, 0.6) is 0 Å². The quantitative estimate of drug-likeness (QED) is 0.612. The Morgan fingerprint density at radius 3 is 2.30 bits per heavy atom. The minimum atomic E-state index is -4.41. The summed E-state index contributed by atoms with van der Waals surface area (Å²) in [6, 6.07) is 0. The molecule has 60 valence electrons. The summed E-state index contributed by atoms with van der Waals surface area (Å²) in [7, 11) is 1.17. The summed E-state index contributed by atoms with van der Waals surface area (Å²) < 4.78 is 38.3. The van der Waals surface area contributed by atoms with Crippen LogP contribution in [0.25, 0.3) is 0 Å². The monoisotopic (exact) mass is 156 g/mol. The van der Waals surface area contributed by atoms with E-state index in [0.29, 0.717) is 0 Å². The van der Waals surface area contributed by atoms with Crippen molar-refractivity contribution in [3.63, 3.8) is 0 Å². The molecule has 0 aromatic carbocycles. The average Bonchev–Trinajstić information content (AvgIpc) is 1.59. The molecule has 0 aromatic heterocycles. The van der Waals surface area contributed by atoms with Crippen molar-refractivity contribution in [2.24, 2.45) is 0 Å². The Bertz CT molecular complexity index is 119. The Morgan fingerprint density at radius 2 is 2.00 bits per heavy atom. The fraction of sp³-hybridized carbons (Fsp3) is 0.800. The molecular weight excluding hydrogens is 149 g/mol. The summed E-state index contributed by atoms with van der Waals surface area (Å²) >= 11 is 0. The summed E-state index contributed by atoms with van der Waals surface area (Å²) in [4.78, 5) is 10.2. The molecule has 0 aliphatic carbocycles. The highest BCUT2D eigenvalue weighted by Crippen LogP contribution is 2.19. The molecule has 0 heterocycles. The van der Waals surface area contributed by atoms with Crippen molar-refractivity contribution in [3.05, 3.63) is 0 Å². The molecule has 10 heavy (non-hydrogen) atoms. The number of halogens is 3. The van der Waals surface area contributed by atoms with Crippen molar-refractivity contribution >= 4 is 5.78 Å². The van der Waals surface area contributed by atoms with Gasteiger partial charge < -0.3 is 4.74 Å². The van der Waals surface area contributed by atoms with E-state index < -0.39 is 25.0 Å². The van der Waals surface area contributed by atoms with Crippen LogP contribution < -0.4 is 0 Å². The van der Waals surface area contributed by atoms with Crippen LogP contribution in [0.3, 0.4) is 0 Å². The molecular formula is C5H7F3O2. The lowest BCUT2D eigenvalue weighted by atomic mass is 10.3. The molecule has 0 unspecified atom stereocenters. The lowest BCUT2D eigenvalue weighted by molar-refractivity contribution is -0.154. The molecule has 0 aliphatic heterocycles. The number of ketones is 1. The summed E-state index contributed by atoms with van der Waals surface area (Å²) in [6.07, 6.45) is -5.81. The van der Waals surface area contributed by atoms with Crippen LogP contribution in [0.4, 0.5) is 13.2 Å². The molecule has 0 saturated heterocycles. The molecule has 0 N–H and O–H groups in total. The van der Waals surface area contributed by atoms with Gasteiger partial charge in [-0.2, -0.15) is 13.2 Å². The first-order valence-electron chi connectivity index (χ1n) is 2.53. The van der Waals surface area contributed by atoms with Gasteiger partial charge in [-0.3, -0.25) is 4.79 Å². The van der Waals surface area contributed by atoms with Crippen LogP contribution in [-0.2, 0) is 9.53 Å². The lowest BCUT2D eigenvalue weighted by Crippen LogP contribution is -2.18. The zero-order valence-corrected chi connectivity index (χ0v) is 5.36. The number of methoxy groups -OCH3 is 1. The van der Waals surface area contributed by atoms with Crippen molar-refractivity contribution in [2.45, 2.75) is 12.6 Å². The van der Waals surface area contributed by atoms with E-state index in [-0.39, 0.29) is 0 Å². The normalized spacial score (nSPS) is 11.6. The smallest absolute Gasteiger partial charge is 0.377 e. The third kappa shape index (κ3) is 5.55. The Hall–Kier alpha value is -0.580. The molecule has 0 amide bonds. The number of alkyl halides is 3. The number of carbonyl (C=O) groups is 1. The van der Waals surface area contributed by atoms with Gasteiger partial charge in [0.15, 0.2) is 5.78 Å². The second-order valence-corrected chi connectivity index (χ2v) is 1.76. The van der Waals surface area contributed by atoms with Crippen molar-refractivity contribution < 1.29 is 22.7 Å². The topological polar surface area (TPSA) is 26.3 Å². The fourth-order valence-electron chi connectivity index (χ4n) is 0.436. The zero-order valence-electron chi connectivity index (χ0n) is 5.36. The lowest BCUT2D eigenvalue weighted by Gasteiger charge is -2.03. The molecule has 0 fully saturated rings. The summed E-state index contributed by atoms with van der Waals surface area (Å²) in [5.74, 6) is -0.949. The van der Waals surface area contributed by atoms with Crippen LogP contribution in [0.2, 0.25) is 0 Å². The molecule has 0 rings (SSSR count). The highest BCUT2D eigenvalue weighted by atomic mass is 19.4. The number of rotatable bonds is 3. The molecule has 5 heteroatoms. The van der Waals surface area contributed by atoms with Gasteiger partial charge in [-0.15, -0.1) is 0 Å². The van der Waals surface area contributed by atoms with Crippen LogP contribution in [0.1, 0.15) is 6.42 Å². The van der Waals surface area contributed by atoms with Crippen molar-refractivity contribution in [1.29, 1.82) is 0 Å². The van der Waals surface area contributed by atoms with E-state index in [9.17, 15) is 18.0 Å². The molecule has 0 atom stereocenters. The highest BCUT2D eigenvalue weighted by Gasteiger charge is 2.30. The van der Waals surface area contributed by atoms with Gasteiger partial charge in [0.1, 0.15) is 13.0 Å². The Balaban J connectivity index is 3.58. The molecule has 0 aliphatic rings. The van der Waals surface area contributed by atoms with Gasteiger partial charge in [0.25, 0.3) is 0 Å². The van der Waals surface area contributed by atoms with Gasteiger partial charge in [-0.05, 0) is 0 Å². The molecule has 0 radical (unpaired) electrons. The molecule has 0 bridgehead atoms. The van der Waals surface area contributed by atoms with E-state index in [0.717, 1.165) is 0 Å². The zero-order chi connectivity index (χ0) is 8.20. The number of hydrogen-bond acceptors (Lipinski definition) is 2. The van der Waals surface area contributed by atoms with Crippen LogP contribution >= 0.6 is 0 Å². The summed E-state index contributed by atoms with van der Waals surface area (Å²) in [5.41, 5.74) is 0. The third-order valence-electron chi connectivity index (χ3n) is 0.703. The van der Waals surface area contributed by atoms with E-state index >= 15 is 0 Å². The van der Waals surface area contributed by atoms with Gasteiger partial charge in [0.05, 0.1) is 0 Å². The largest absolute Gasteiger partial charge is 0.395 e. The van der Waals surface area contributed by atoms with Crippen LogP contribution in [-0.4, -0.2) is 25.7 Å². The summed E-state index contributed by atoms with van der Waals surface area (Å²) in [6.45, 7) is -0.473. The molecule has 0 saturated carbocycles. The van der Waals surface area contributed by atoms with Crippen molar-refractivity contribution in [2.75, 3.05) is 13.7 Å². The maximum atomic E-state index is 11.4. The second-order valence-electron chi connectivity index (χ2n) is 1.76. The highest BCUT2D eigenvalue weighted by molar-refractivity contribution is 5.80. The Labute approximate surface area is 56.0 Å². The van der Waals surface area contributed by atoms with Gasteiger partial charge in [-0.25, -0.2) is 0 Å². The number of hydrogen-bond donors (Lipinski definition) is 0. The Morgan fingerprint density at radius 1 is 1.50 bits per heavy atom. The molecule has 2 nitrogen and oxygen atoms in total. The third-order valence-corrected chi connectivity index (χ3v) is 0.703. The van der Waals surface area contributed by atoms with Gasteiger partial charge in [0, 0.05) is 7.11 Å². The van der Waals surface area contributed by atoms with E-state index in [4.69, 9.17) is 0 Å². The standard InChI is InChI=1S/C5H7F3O2/c1-10-3-4(9)2-5(6,7)8/h2-3H2,1H3. The molecule has 0 aromatic rings. The first-order valence-corrected chi connectivity index (χ1v) is 2.53. The Kier molecular flexibility index (Phi) is 3.35. The first kappa shape index (κ1) is 9.42. The SMILES string of the molecule is COCC(=O)CC(F)(F)F. The predicted molar refractivity (Wildman–Crippen MR) is 27.6 cm³/mol. The van der Waals surface area contributed by atoms with Crippen molar-refractivity contribution in [3.8, 4) is 0 Å². The maximum Gasteiger partial charge on any atom is 0.395 e. The average molecular weight is 156 g/mol. The number of Topliss-reactive ketones (excluding diaryl/α,β-unsaturated/α-hetero) is 1. The molecule has 0 spiro atoms. The van der Waals surface area contributed by atoms with Gasteiger partial charge in [-0.1, -0.05) is 0 Å². The van der Waals surface area contributed by atoms with Crippen LogP contribution in [0.15, 0.2) is 0 Å². The predicted octanol–water partition coefficient (Wildman–Crippen LogP) is 1.15. The van der Waals surface area contributed by atoms with E-state index in [1.165, 1.54) is 7.11 Å². The summed E-state index contributed by atoms with van der Waals surface area (Å²) in [5, 5.41) is 0. The van der Waals surface area contributed by atoms with Crippen LogP contribution in [0, 0.1) is 0 Å². The minimum absolute atomic E-state index is 0.473. The van der Waals surface area contributed by atoms with Crippen molar-refractivity contribution in [1.82, 2.24) is 0 Å². The fourth-order valence-corrected chi connectivity index (χ4v) is 0.436. The van der Waals surface area contributed by atoms with Gasteiger partial charge >= 0.3 is 6.18 Å². The van der Waals surface area contributed by atoms with Gasteiger partial charge in [0.2, 0.25) is 0 Å². The first-order chi connectivity index (χ1) is 4.45. The number of carbonyl (C=O) groups excluding carboxylic acids is 1. The maximum absolute atomic E-state index is 11.4.